The highest BCUT2D eigenvalue weighted by Gasteiger charge is 2.21. The van der Waals surface area contributed by atoms with E-state index in [2.05, 4.69) is 32.2 Å². The molecule has 0 radical (unpaired) electrons. The summed E-state index contributed by atoms with van der Waals surface area (Å²) in [7, 11) is 0. The Kier molecular flexibility index (Phi) is 6.68. The van der Waals surface area contributed by atoms with Crippen molar-refractivity contribution in [2.45, 2.75) is 57.0 Å². The maximum atomic E-state index is 12.0. The van der Waals surface area contributed by atoms with E-state index < -0.39 is 0 Å². The molecule has 2 aromatic rings. The Morgan fingerprint density at radius 3 is 2.85 bits per heavy atom. The minimum Gasteiger partial charge on any atom is -0.376 e. The Hall–Kier alpha value is -1.86. The van der Waals surface area contributed by atoms with Crippen molar-refractivity contribution >= 4 is 17.7 Å². The van der Waals surface area contributed by atoms with Crippen LogP contribution in [0.3, 0.4) is 0 Å². The van der Waals surface area contributed by atoms with E-state index in [9.17, 15) is 4.79 Å². The van der Waals surface area contributed by atoms with E-state index in [1.165, 1.54) is 17.3 Å². The van der Waals surface area contributed by atoms with Gasteiger partial charge in [-0.1, -0.05) is 42.1 Å². The minimum atomic E-state index is 0.0151. The van der Waals surface area contributed by atoms with Crippen molar-refractivity contribution in [3.05, 3.63) is 41.7 Å². The molecule has 1 aliphatic rings. The molecule has 1 amide bonds. The molecule has 140 valence electrons. The molecule has 0 unspecified atom stereocenters. The molecule has 2 heterocycles. The first kappa shape index (κ1) is 18.9. The molecule has 6 nitrogen and oxygen atoms in total. The average Bonchev–Trinajstić information content (AvgIpc) is 3.25. The quantitative estimate of drug-likeness (QED) is 0.720. The van der Waals surface area contributed by atoms with E-state index in [0.717, 1.165) is 43.4 Å². The van der Waals surface area contributed by atoms with Gasteiger partial charge in [-0.2, -0.15) is 0 Å². The van der Waals surface area contributed by atoms with Crippen LogP contribution in [0, 0.1) is 0 Å². The van der Waals surface area contributed by atoms with Crippen molar-refractivity contribution in [2.24, 2.45) is 0 Å². The van der Waals surface area contributed by atoms with Crippen molar-refractivity contribution in [2.75, 3.05) is 12.4 Å². The number of amides is 1. The van der Waals surface area contributed by atoms with Crippen molar-refractivity contribution in [3.63, 3.8) is 0 Å². The number of thioether (sulfide) groups is 1. The van der Waals surface area contributed by atoms with Gasteiger partial charge in [0.2, 0.25) is 5.91 Å². The maximum Gasteiger partial charge on any atom is 0.230 e. The molecular formula is C19H26N4O2S. The summed E-state index contributed by atoms with van der Waals surface area (Å²) in [5.41, 5.74) is 1.20. The molecule has 0 aliphatic carbocycles. The van der Waals surface area contributed by atoms with Gasteiger partial charge in [0.25, 0.3) is 0 Å². The Labute approximate surface area is 158 Å². The number of carbonyl (C=O) groups excluding carboxylic acids is 1. The molecule has 0 bridgehead atoms. The van der Waals surface area contributed by atoms with Crippen LogP contribution in [-0.4, -0.2) is 45.2 Å². The number of hydrogen-bond donors (Lipinski definition) is 1. The highest BCUT2D eigenvalue weighted by atomic mass is 32.2. The molecule has 0 spiro atoms. The van der Waals surface area contributed by atoms with Crippen LogP contribution in [0.15, 0.2) is 35.5 Å². The Bertz CT molecular complexity index is 712. The van der Waals surface area contributed by atoms with E-state index in [-0.39, 0.29) is 18.1 Å². The molecular weight excluding hydrogens is 348 g/mol. The second kappa shape index (κ2) is 9.19. The largest absolute Gasteiger partial charge is 0.376 e. The minimum absolute atomic E-state index is 0.0151. The van der Waals surface area contributed by atoms with Gasteiger partial charge in [0.1, 0.15) is 5.82 Å². The van der Waals surface area contributed by atoms with Crippen molar-refractivity contribution in [3.8, 4) is 0 Å². The van der Waals surface area contributed by atoms with Crippen LogP contribution in [0.2, 0.25) is 0 Å². The van der Waals surface area contributed by atoms with Crippen LogP contribution in [0.5, 0.6) is 0 Å². The summed E-state index contributed by atoms with van der Waals surface area (Å²) in [6, 6.07) is 10.4. The summed E-state index contributed by atoms with van der Waals surface area (Å²) in [4.78, 5) is 12.0. The van der Waals surface area contributed by atoms with Gasteiger partial charge < -0.3 is 14.6 Å². The van der Waals surface area contributed by atoms with Gasteiger partial charge >= 0.3 is 0 Å². The summed E-state index contributed by atoms with van der Waals surface area (Å²) in [5.74, 6) is 1.27. The highest BCUT2D eigenvalue weighted by molar-refractivity contribution is 7.99. The van der Waals surface area contributed by atoms with Crippen LogP contribution in [0.25, 0.3) is 0 Å². The second-order valence-corrected chi connectivity index (χ2v) is 7.76. The Morgan fingerprint density at radius 1 is 1.35 bits per heavy atom. The maximum absolute atomic E-state index is 12.0. The fourth-order valence-corrected chi connectivity index (χ4v) is 3.78. The SMILES string of the molecule is CC(C)NC(=O)CSc1nnc(Cc2ccccc2)n1C[C@@H]1CCCO1. The fraction of sp³-hybridized carbons (Fsp3) is 0.526. The zero-order valence-corrected chi connectivity index (χ0v) is 16.2. The van der Waals surface area contributed by atoms with Gasteiger partial charge in [0.15, 0.2) is 5.16 Å². The predicted molar refractivity (Wildman–Crippen MR) is 102 cm³/mol. The lowest BCUT2D eigenvalue weighted by Gasteiger charge is -2.15. The number of carbonyl (C=O) groups is 1. The van der Waals surface area contributed by atoms with Gasteiger partial charge in [-0.05, 0) is 32.3 Å². The van der Waals surface area contributed by atoms with E-state index in [0.29, 0.717) is 5.75 Å². The first-order chi connectivity index (χ1) is 12.6. The topological polar surface area (TPSA) is 69.0 Å². The summed E-state index contributed by atoms with van der Waals surface area (Å²) in [5, 5.41) is 12.4. The monoisotopic (exact) mass is 374 g/mol. The smallest absolute Gasteiger partial charge is 0.230 e. The van der Waals surface area contributed by atoms with Gasteiger partial charge in [-0.25, -0.2) is 0 Å². The van der Waals surface area contributed by atoms with E-state index in [4.69, 9.17) is 4.74 Å². The molecule has 1 fully saturated rings. The first-order valence-corrected chi connectivity index (χ1v) is 10.1. The molecule has 1 atom stereocenters. The number of nitrogens with one attached hydrogen (secondary N) is 1. The third-order valence-electron chi connectivity index (χ3n) is 4.19. The summed E-state index contributed by atoms with van der Waals surface area (Å²) in [6.45, 7) is 5.48. The Balaban J connectivity index is 1.73. The number of ether oxygens (including phenoxy) is 1. The first-order valence-electron chi connectivity index (χ1n) is 9.11. The van der Waals surface area contributed by atoms with Crippen LogP contribution in [-0.2, 0) is 22.5 Å². The lowest BCUT2D eigenvalue weighted by atomic mass is 10.1. The third kappa shape index (κ3) is 5.32. The molecule has 1 aliphatic heterocycles. The molecule has 0 saturated carbocycles. The molecule has 1 N–H and O–H groups in total. The van der Waals surface area contributed by atoms with Crippen LogP contribution >= 0.6 is 11.8 Å². The van der Waals surface area contributed by atoms with Crippen molar-refractivity contribution in [1.82, 2.24) is 20.1 Å². The summed E-state index contributed by atoms with van der Waals surface area (Å²) >= 11 is 1.43. The zero-order valence-electron chi connectivity index (χ0n) is 15.4. The van der Waals surface area contributed by atoms with Crippen molar-refractivity contribution < 1.29 is 9.53 Å². The molecule has 1 aromatic heterocycles. The molecule has 1 aromatic carbocycles. The van der Waals surface area contributed by atoms with Crippen LogP contribution in [0.4, 0.5) is 0 Å². The summed E-state index contributed by atoms with van der Waals surface area (Å²) in [6.07, 6.45) is 3.07. The van der Waals surface area contributed by atoms with Gasteiger partial charge in [0.05, 0.1) is 18.4 Å². The van der Waals surface area contributed by atoms with Gasteiger partial charge in [-0.15, -0.1) is 10.2 Å². The van der Waals surface area contributed by atoms with E-state index in [1.54, 1.807) is 0 Å². The number of benzene rings is 1. The molecule has 1 saturated heterocycles. The average molecular weight is 375 g/mol. The summed E-state index contributed by atoms with van der Waals surface area (Å²) < 4.78 is 7.92. The molecule has 3 rings (SSSR count). The normalized spacial score (nSPS) is 17.0. The number of hydrogen-bond acceptors (Lipinski definition) is 5. The highest BCUT2D eigenvalue weighted by Crippen LogP contribution is 2.22. The van der Waals surface area contributed by atoms with Gasteiger partial charge in [-0.3, -0.25) is 4.79 Å². The number of aromatic nitrogens is 3. The number of rotatable bonds is 8. The Morgan fingerprint density at radius 2 is 2.15 bits per heavy atom. The number of nitrogens with zero attached hydrogens (tertiary/aromatic N) is 3. The third-order valence-corrected chi connectivity index (χ3v) is 5.16. The molecule has 7 heteroatoms. The van der Waals surface area contributed by atoms with Crippen LogP contribution in [0.1, 0.15) is 38.1 Å². The van der Waals surface area contributed by atoms with E-state index >= 15 is 0 Å². The van der Waals surface area contributed by atoms with Crippen molar-refractivity contribution in [1.29, 1.82) is 0 Å². The lowest BCUT2D eigenvalue weighted by Crippen LogP contribution is -2.31. The standard InChI is InChI=1S/C19H26N4O2S/c1-14(2)20-18(24)13-26-19-22-21-17(11-15-7-4-3-5-8-15)23(19)12-16-9-6-10-25-16/h3-5,7-8,14,16H,6,9-13H2,1-2H3,(H,20,24)/t16-/m0/s1. The van der Waals surface area contributed by atoms with E-state index in [1.807, 2.05) is 32.0 Å². The lowest BCUT2D eigenvalue weighted by molar-refractivity contribution is -0.119. The zero-order chi connectivity index (χ0) is 18.4. The second-order valence-electron chi connectivity index (χ2n) is 6.82. The molecule has 26 heavy (non-hydrogen) atoms. The predicted octanol–water partition coefficient (Wildman–Crippen LogP) is 2.66. The van der Waals surface area contributed by atoms with Crippen LogP contribution < -0.4 is 5.32 Å². The van der Waals surface area contributed by atoms with Gasteiger partial charge in [0, 0.05) is 19.1 Å². The fourth-order valence-electron chi connectivity index (χ4n) is 3.00.